The Morgan fingerprint density at radius 3 is 2.57 bits per heavy atom. The molecular formula is C10H14N2S2. The molecular weight excluding hydrogens is 212 g/mol. The Bertz CT molecular complexity index is 275. The first-order valence-corrected chi connectivity index (χ1v) is 5.36. The molecule has 0 heterocycles. The van der Waals surface area contributed by atoms with Crippen molar-refractivity contribution in [3.05, 3.63) is 35.9 Å². The minimum atomic E-state index is 0.548. The summed E-state index contributed by atoms with van der Waals surface area (Å²) in [7, 11) is 0. The fraction of sp³-hybridized carbons (Fsp3) is 0.300. The molecule has 0 atom stereocenters. The Labute approximate surface area is 95.5 Å². The zero-order valence-corrected chi connectivity index (χ0v) is 9.57. The van der Waals surface area contributed by atoms with Crippen molar-refractivity contribution in [2.75, 3.05) is 13.1 Å². The standard InChI is InChI=1S/C10H14N2S2/c13-10(14)12-7-6-11-8-9-4-2-1-3-5-9/h1-5,11H,6-8H2,(H2,12,13,14). The van der Waals surface area contributed by atoms with E-state index in [1.807, 2.05) is 18.2 Å². The Morgan fingerprint density at radius 1 is 1.21 bits per heavy atom. The van der Waals surface area contributed by atoms with Crippen LogP contribution in [0.25, 0.3) is 0 Å². The molecule has 1 rings (SSSR count). The lowest BCUT2D eigenvalue weighted by molar-refractivity contribution is 0.675. The molecule has 1 aromatic carbocycles. The SMILES string of the molecule is S=C(S)NCCNCc1ccccc1. The molecule has 4 heteroatoms. The van der Waals surface area contributed by atoms with Crippen LogP contribution in [0.1, 0.15) is 5.56 Å². The highest BCUT2D eigenvalue weighted by Crippen LogP contribution is 1.96. The zero-order valence-electron chi connectivity index (χ0n) is 7.86. The minimum Gasteiger partial charge on any atom is -0.370 e. The van der Waals surface area contributed by atoms with Crippen molar-refractivity contribution in [3.8, 4) is 0 Å². The van der Waals surface area contributed by atoms with E-state index in [2.05, 4.69) is 35.4 Å². The molecule has 0 saturated carbocycles. The Kier molecular flexibility index (Phi) is 5.59. The second-order valence-electron chi connectivity index (χ2n) is 2.89. The lowest BCUT2D eigenvalue weighted by Crippen LogP contribution is -2.28. The number of rotatable bonds is 5. The van der Waals surface area contributed by atoms with Gasteiger partial charge in [0, 0.05) is 19.6 Å². The molecule has 0 spiro atoms. The number of hydrogen-bond acceptors (Lipinski definition) is 2. The normalized spacial score (nSPS) is 9.79. The average Bonchev–Trinajstić information content (AvgIpc) is 2.18. The summed E-state index contributed by atoms with van der Waals surface area (Å²) >= 11 is 8.73. The van der Waals surface area contributed by atoms with E-state index in [4.69, 9.17) is 12.2 Å². The van der Waals surface area contributed by atoms with Crippen molar-refractivity contribution in [3.63, 3.8) is 0 Å². The van der Waals surface area contributed by atoms with Crippen LogP contribution >= 0.6 is 24.8 Å². The number of benzene rings is 1. The maximum absolute atomic E-state index is 4.76. The summed E-state index contributed by atoms with van der Waals surface area (Å²) in [6.45, 7) is 2.59. The highest BCUT2D eigenvalue weighted by atomic mass is 32.1. The van der Waals surface area contributed by atoms with Crippen LogP contribution in [-0.2, 0) is 6.54 Å². The van der Waals surface area contributed by atoms with Crippen molar-refractivity contribution < 1.29 is 0 Å². The third-order valence-electron chi connectivity index (χ3n) is 1.75. The van der Waals surface area contributed by atoms with Gasteiger partial charge in [0.2, 0.25) is 0 Å². The predicted molar refractivity (Wildman–Crippen MR) is 67.7 cm³/mol. The molecule has 1 aromatic rings. The molecule has 0 amide bonds. The minimum absolute atomic E-state index is 0.548. The molecule has 2 nitrogen and oxygen atoms in total. The lowest BCUT2D eigenvalue weighted by Gasteiger charge is -2.05. The van der Waals surface area contributed by atoms with Gasteiger partial charge in [0.05, 0.1) is 0 Å². The van der Waals surface area contributed by atoms with E-state index in [0.717, 1.165) is 19.6 Å². The van der Waals surface area contributed by atoms with Gasteiger partial charge in [-0.2, -0.15) is 0 Å². The molecule has 0 aliphatic heterocycles. The maximum atomic E-state index is 4.76. The van der Waals surface area contributed by atoms with Crippen LogP contribution in [-0.4, -0.2) is 17.4 Å². The van der Waals surface area contributed by atoms with Crippen LogP contribution in [0.15, 0.2) is 30.3 Å². The molecule has 0 fully saturated rings. The molecule has 0 saturated heterocycles. The lowest BCUT2D eigenvalue weighted by atomic mass is 10.2. The van der Waals surface area contributed by atoms with Gasteiger partial charge >= 0.3 is 0 Å². The molecule has 0 aliphatic rings. The summed E-state index contributed by atoms with van der Waals surface area (Å²) in [4.78, 5) is 0. The van der Waals surface area contributed by atoms with Crippen LogP contribution in [0.4, 0.5) is 0 Å². The van der Waals surface area contributed by atoms with Crippen LogP contribution in [0.2, 0.25) is 0 Å². The van der Waals surface area contributed by atoms with E-state index < -0.39 is 0 Å². The summed E-state index contributed by atoms with van der Waals surface area (Å²) in [6, 6.07) is 10.3. The maximum Gasteiger partial charge on any atom is 0.130 e. The van der Waals surface area contributed by atoms with Gasteiger partial charge in [0.1, 0.15) is 4.32 Å². The first-order valence-electron chi connectivity index (χ1n) is 4.50. The first-order chi connectivity index (χ1) is 6.79. The van der Waals surface area contributed by atoms with Gasteiger partial charge in [-0.25, -0.2) is 0 Å². The van der Waals surface area contributed by atoms with E-state index in [-0.39, 0.29) is 0 Å². The zero-order chi connectivity index (χ0) is 10.2. The van der Waals surface area contributed by atoms with Crippen LogP contribution in [0, 0.1) is 0 Å². The number of thiol groups is 1. The molecule has 0 bridgehead atoms. The smallest absolute Gasteiger partial charge is 0.130 e. The Hall–Kier alpha value is -0.580. The fourth-order valence-corrected chi connectivity index (χ4v) is 1.30. The van der Waals surface area contributed by atoms with Gasteiger partial charge in [0.25, 0.3) is 0 Å². The summed E-state index contributed by atoms with van der Waals surface area (Å²) in [6.07, 6.45) is 0. The molecule has 2 N–H and O–H groups in total. The van der Waals surface area contributed by atoms with Crippen molar-refractivity contribution in [1.29, 1.82) is 0 Å². The van der Waals surface area contributed by atoms with E-state index in [9.17, 15) is 0 Å². The van der Waals surface area contributed by atoms with Crippen molar-refractivity contribution in [2.24, 2.45) is 0 Å². The van der Waals surface area contributed by atoms with Crippen molar-refractivity contribution in [2.45, 2.75) is 6.54 Å². The quantitative estimate of drug-likeness (QED) is 0.404. The second-order valence-corrected chi connectivity index (χ2v) is 4.05. The van der Waals surface area contributed by atoms with Gasteiger partial charge in [0.15, 0.2) is 0 Å². The second kappa shape index (κ2) is 6.81. The molecule has 0 aliphatic carbocycles. The number of hydrogen-bond donors (Lipinski definition) is 3. The van der Waals surface area contributed by atoms with E-state index in [1.54, 1.807) is 0 Å². The van der Waals surface area contributed by atoms with E-state index in [0.29, 0.717) is 4.32 Å². The summed E-state index contributed by atoms with van der Waals surface area (Å²) < 4.78 is 0.548. The fourth-order valence-electron chi connectivity index (χ4n) is 1.09. The third-order valence-corrected chi connectivity index (χ3v) is 2.05. The predicted octanol–water partition coefficient (Wildman–Crippen LogP) is 1.58. The summed E-state index contributed by atoms with van der Waals surface area (Å²) in [5.41, 5.74) is 1.29. The van der Waals surface area contributed by atoms with Crippen LogP contribution in [0.5, 0.6) is 0 Å². The van der Waals surface area contributed by atoms with Gasteiger partial charge in [-0.3, -0.25) is 0 Å². The van der Waals surface area contributed by atoms with Gasteiger partial charge < -0.3 is 10.6 Å². The summed E-state index contributed by atoms with van der Waals surface area (Å²) in [5.74, 6) is 0. The van der Waals surface area contributed by atoms with Crippen molar-refractivity contribution in [1.82, 2.24) is 10.6 Å². The topological polar surface area (TPSA) is 24.1 Å². The Balaban J connectivity index is 2.08. The highest BCUT2D eigenvalue weighted by molar-refractivity contribution is 8.11. The number of thiocarbonyl (C=S) groups is 1. The monoisotopic (exact) mass is 226 g/mol. The third kappa shape index (κ3) is 5.21. The molecule has 14 heavy (non-hydrogen) atoms. The van der Waals surface area contributed by atoms with Gasteiger partial charge in [-0.1, -0.05) is 42.5 Å². The molecule has 0 unspecified atom stereocenters. The largest absolute Gasteiger partial charge is 0.370 e. The van der Waals surface area contributed by atoms with Gasteiger partial charge in [-0.05, 0) is 5.56 Å². The average molecular weight is 226 g/mol. The molecule has 76 valence electrons. The van der Waals surface area contributed by atoms with E-state index in [1.165, 1.54) is 5.56 Å². The van der Waals surface area contributed by atoms with E-state index >= 15 is 0 Å². The van der Waals surface area contributed by atoms with Crippen molar-refractivity contribution >= 4 is 29.2 Å². The highest BCUT2D eigenvalue weighted by Gasteiger charge is 1.90. The van der Waals surface area contributed by atoms with Gasteiger partial charge in [-0.15, -0.1) is 12.6 Å². The first kappa shape index (κ1) is 11.5. The number of nitrogens with one attached hydrogen (secondary N) is 2. The van der Waals surface area contributed by atoms with Crippen LogP contribution in [0.3, 0.4) is 0 Å². The van der Waals surface area contributed by atoms with Crippen LogP contribution < -0.4 is 10.6 Å². The molecule has 0 radical (unpaired) electrons. The summed E-state index contributed by atoms with van der Waals surface area (Å²) in [5, 5.41) is 6.27. The Morgan fingerprint density at radius 2 is 1.93 bits per heavy atom. The molecule has 0 aromatic heterocycles.